The van der Waals surface area contributed by atoms with Gasteiger partial charge >= 0.3 is 0 Å². The van der Waals surface area contributed by atoms with E-state index in [4.69, 9.17) is 12.2 Å². The fraction of sp³-hybridized carbons (Fsp3) is 0.333. The number of quaternary nitrogens is 1. The Labute approximate surface area is 143 Å². The standard InChI is InChI=1S/C18H22N4S/c1-15-3-2-4-17(13-15)20-18(23)22-11-9-21(10-12-22)14-16-5-7-19-8-6-16/h2-8,13H,9-12,14H2,1H3,(H,20,23)/p+1. The summed E-state index contributed by atoms with van der Waals surface area (Å²) in [5.74, 6) is 0. The van der Waals surface area contributed by atoms with Crippen molar-refractivity contribution in [3.63, 3.8) is 0 Å². The molecule has 1 aliphatic rings. The van der Waals surface area contributed by atoms with E-state index in [0.29, 0.717) is 0 Å². The molecule has 0 atom stereocenters. The molecule has 0 radical (unpaired) electrons. The van der Waals surface area contributed by atoms with Gasteiger partial charge in [0.05, 0.1) is 26.2 Å². The van der Waals surface area contributed by atoms with E-state index >= 15 is 0 Å². The van der Waals surface area contributed by atoms with E-state index in [1.165, 1.54) is 11.1 Å². The number of nitrogens with one attached hydrogen (secondary N) is 2. The average molecular weight is 327 g/mol. The summed E-state index contributed by atoms with van der Waals surface area (Å²) in [4.78, 5) is 7.95. The maximum Gasteiger partial charge on any atom is 0.173 e. The van der Waals surface area contributed by atoms with Gasteiger partial charge in [0.1, 0.15) is 6.54 Å². The molecule has 0 spiro atoms. The van der Waals surface area contributed by atoms with Crippen molar-refractivity contribution < 1.29 is 4.90 Å². The third-order valence-electron chi connectivity index (χ3n) is 4.23. The molecule has 0 unspecified atom stereocenters. The molecule has 4 nitrogen and oxygen atoms in total. The van der Waals surface area contributed by atoms with Crippen LogP contribution in [0.15, 0.2) is 48.8 Å². The van der Waals surface area contributed by atoms with Crippen LogP contribution in [-0.2, 0) is 6.54 Å². The van der Waals surface area contributed by atoms with E-state index in [2.05, 4.69) is 58.5 Å². The summed E-state index contributed by atoms with van der Waals surface area (Å²) < 4.78 is 0. The minimum absolute atomic E-state index is 0.832. The van der Waals surface area contributed by atoms with Crippen LogP contribution in [0.3, 0.4) is 0 Å². The van der Waals surface area contributed by atoms with Gasteiger partial charge in [0.15, 0.2) is 5.11 Å². The lowest BCUT2D eigenvalue weighted by Gasteiger charge is -2.33. The second-order valence-electron chi connectivity index (χ2n) is 6.07. The van der Waals surface area contributed by atoms with Gasteiger partial charge in [-0.3, -0.25) is 4.98 Å². The van der Waals surface area contributed by atoms with Crippen LogP contribution in [0.4, 0.5) is 5.69 Å². The Hall–Kier alpha value is -1.98. The number of nitrogens with zero attached hydrogens (tertiary/aromatic N) is 2. The van der Waals surface area contributed by atoms with E-state index in [-0.39, 0.29) is 0 Å². The van der Waals surface area contributed by atoms with Gasteiger partial charge in [-0.2, -0.15) is 0 Å². The number of thiocarbonyl (C=S) groups is 1. The highest BCUT2D eigenvalue weighted by molar-refractivity contribution is 7.80. The minimum atomic E-state index is 0.832. The highest BCUT2D eigenvalue weighted by atomic mass is 32.1. The fourth-order valence-corrected chi connectivity index (χ4v) is 3.22. The predicted molar refractivity (Wildman–Crippen MR) is 97.6 cm³/mol. The maximum atomic E-state index is 5.56. The first kappa shape index (κ1) is 15.9. The molecule has 0 amide bonds. The van der Waals surface area contributed by atoms with E-state index in [0.717, 1.165) is 43.5 Å². The van der Waals surface area contributed by atoms with Gasteiger partial charge < -0.3 is 15.1 Å². The Balaban J connectivity index is 1.49. The van der Waals surface area contributed by atoms with Crippen LogP contribution in [0.2, 0.25) is 0 Å². The molecule has 2 aromatic rings. The third-order valence-corrected chi connectivity index (χ3v) is 4.59. The molecule has 120 valence electrons. The second kappa shape index (κ2) is 7.53. The van der Waals surface area contributed by atoms with Crippen LogP contribution in [-0.4, -0.2) is 41.2 Å². The van der Waals surface area contributed by atoms with Crippen molar-refractivity contribution >= 4 is 23.0 Å². The van der Waals surface area contributed by atoms with Crippen molar-refractivity contribution in [3.05, 3.63) is 59.9 Å². The van der Waals surface area contributed by atoms with Gasteiger partial charge in [-0.15, -0.1) is 0 Å². The molecule has 0 bridgehead atoms. The molecule has 0 saturated carbocycles. The molecule has 1 aromatic heterocycles. The number of rotatable bonds is 3. The Morgan fingerprint density at radius 3 is 2.65 bits per heavy atom. The van der Waals surface area contributed by atoms with Gasteiger partial charge in [-0.05, 0) is 49.0 Å². The molecule has 3 rings (SSSR count). The fourth-order valence-electron chi connectivity index (χ4n) is 2.92. The van der Waals surface area contributed by atoms with Gasteiger partial charge in [0.25, 0.3) is 0 Å². The molecular formula is C18H23N4S+. The molecule has 1 saturated heterocycles. The highest BCUT2D eigenvalue weighted by Crippen LogP contribution is 2.10. The van der Waals surface area contributed by atoms with Crippen molar-refractivity contribution in [1.29, 1.82) is 0 Å². The normalized spacial score (nSPS) is 15.4. The molecule has 23 heavy (non-hydrogen) atoms. The van der Waals surface area contributed by atoms with Gasteiger partial charge in [-0.1, -0.05) is 12.1 Å². The number of pyridine rings is 1. The van der Waals surface area contributed by atoms with Crippen molar-refractivity contribution in [3.8, 4) is 0 Å². The van der Waals surface area contributed by atoms with Crippen molar-refractivity contribution in [2.45, 2.75) is 13.5 Å². The summed E-state index contributed by atoms with van der Waals surface area (Å²) in [7, 11) is 0. The van der Waals surface area contributed by atoms with Gasteiger partial charge in [0.2, 0.25) is 0 Å². The summed E-state index contributed by atoms with van der Waals surface area (Å²) in [6, 6.07) is 12.5. The van der Waals surface area contributed by atoms with E-state index in [1.54, 1.807) is 4.90 Å². The molecule has 1 aliphatic heterocycles. The Kier molecular flexibility index (Phi) is 5.20. The Bertz CT molecular complexity index is 651. The topological polar surface area (TPSA) is 32.6 Å². The lowest BCUT2D eigenvalue weighted by atomic mass is 10.2. The Morgan fingerprint density at radius 1 is 1.22 bits per heavy atom. The lowest BCUT2D eigenvalue weighted by molar-refractivity contribution is -0.917. The summed E-state index contributed by atoms with van der Waals surface area (Å²) in [5.41, 5.74) is 3.66. The van der Waals surface area contributed by atoms with Gasteiger partial charge in [-0.25, -0.2) is 0 Å². The van der Waals surface area contributed by atoms with E-state index in [1.807, 2.05) is 12.4 Å². The first-order valence-electron chi connectivity index (χ1n) is 8.06. The number of piperazine rings is 1. The average Bonchev–Trinajstić information content (AvgIpc) is 2.56. The zero-order valence-corrected chi connectivity index (χ0v) is 14.3. The number of benzene rings is 1. The molecule has 5 heteroatoms. The molecular weight excluding hydrogens is 304 g/mol. The monoisotopic (exact) mass is 327 g/mol. The summed E-state index contributed by atoms with van der Waals surface area (Å²) in [6.45, 7) is 7.37. The molecule has 2 N–H and O–H groups in total. The predicted octanol–water partition coefficient (Wildman–Crippen LogP) is 1.49. The highest BCUT2D eigenvalue weighted by Gasteiger charge is 2.21. The maximum absolute atomic E-state index is 5.56. The van der Waals surface area contributed by atoms with Crippen molar-refractivity contribution in [1.82, 2.24) is 9.88 Å². The molecule has 0 aliphatic carbocycles. The zero-order valence-electron chi connectivity index (χ0n) is 13.5. The minimum Gasteiger partial charge on any atom is -0.338 e. The van der Waals surface area contributed by atoms with Crippen LogP contribution >= 0.6 is 12.2 Å². The second-order valence-corrected chi connectivity index (χ2v) is 6.46. The number of hydrogen-bond donors (Lipinski definition) is 2. The first-order chi connectivity index (χ1) is 11.2. The SMILES string of the molecule is Cc1cccc(NC(=S)N2CC[NH+](Cc3ccncc3)CC2)c1. The van der Waals surface area contributed by atoms with E-state index in [9.17, 15) is 0 Å². The van der Waals surface area contributed by atoms with Crippen LogP contribution < -0.4 is 10.2 Å². The summed E-state index contributed by atoms with van der Waals surface area (Å²) in [5, 5.41) is 4.19. The van der Waals surface area contributed by atoms with Crippen molar-refractivity contribution in [2.24, 2.45) is 0 Å². The number of hydrogen-bond acceptors (Lipinski definition) is 2. The smallest absolute Gasteiger partial charge is 0.173 e. The van der Waals surface area contributed by atoms with Crippen LogP contribution in [0.25, 0.3) is 0 Å². The lowest BCUT2D eigenvalue weighted by Crippen LogP contribution is -3.13. The quantitative estimate of drug-likeness (QED) is 0.837. The van der Waals surface area contributed by atoms with Crippen LogP contribution in [0.5, 0.6) is 0 Å². The summed E-state index contributed by atoms with van der Waals surface area (Å²) in [6.07, 6.45) is 3.73. The molecule has 1 fully saturated rings. The Morgan fingerprint density at radius 2 is 1.96 bits per heavy atom. The van der Waals surface area contributed by atoms with Crippen molar-refractivity contribution in [2.75, 3.05) is 31.5 Å². The number of aryl methyl sites for hydroxylation is 1. The van der Waals surface area contributed by atoms with E-state index < -0.39 is 0 Å². The largest absolute Gasteiger partial charge is 0.338 e. The van der Waals surface area contributed by atoms with Crippen LogP contribution in [0.1, 0.15) is 11.1 Å². The number of aromatic nitrogens is 1. The summed E-state index contributed by atoms with van der Waals surface area (Å²) >= 11 is 5.56. The molecule has 2 heterocycles. The molecule has 1 aromatic carbocycles. The first-order valence-corrected chi connectivity index (χ1v) is 8.46. The number of anilines is 1. The van der Waals surface area contributed by atoms with Crippen LogP contribution in [0, 0.1) is 6.92 Å². The van der Waals surface area contributed by atoms with Gasteiger partial charge in [0, 0.05) is 23.6 Å². The zero-order chi connectivity index (χ0) is 16.1. The third kappa shape index (κ3) is 4.50.